The summed E-state index contributed by atoms with van der Waals surface area (Å²) in [5, 5.41) is 6.86. The van der Waals surface area contributed by atoms with Crippen LogP contribution in [0.25, 0.3) is 0 Å². The van der Waals surface area contributed by atoms with Crippen LogP contribution in [0.1, 0.15) is 32.0 Å². The summed E-state index contributed by atoms with van der Waals surface area (Å²) in [6.07, 6.45) is 3.48. The van der Waals surface area contributed by atoms with E-state index >= 15 is 0 Å². The van der Waals surface area contributed by atoms with E-state index < -0.39 is 0 Å². The van der Waals surface area contributed by atoms with Crippen LogP contribution in [-0.2, 0) is 11.3 Å². The molecule has 2 rings (SSSR count). The van der Waals surface area contributed by atoms with Crippen molar-refractivity contribution in [3.63, 3.8) is 0 Å². The van der Waals surface area contributed by atoms with Gasteiger partial charge in [-0.05, 0) is 30.8 Å². The average Bonchev–Trinajstić information content (AvgIpc) is 2.46. The van der Waals surface area contributed by atoms with Crippen molar-refractivity contribution in [1.29, 1.82) is 0 Å². The molecule has 1 aliphatic rings. The molecule has 0 aliphatic carbocycles. The predicted octanol–water partition coefficient (Wildman–Crippen LogP) is 2.75. The Kier molecular flexibility index (Phi) is 6.39. The average molecular weight is 296 g/mol. The third kappa shape index (κ3) is 4.83. The maximum atomic E-state index is 5.15. The smallest absolute Gasteiger partial charge is 0.158 e. The molecule has 112 valence electrons. The molecule has 0 radical (unpaired) electrons. The third-order valence-electron chi connectivity index (χ3n) is 3.18. The van der Waals surface area contributed by atoms with Crippen molar-refractivity contribution in [2.24, 2.45) is 0 Å². The standard InChI is InChI=1S/C14H24N4OS/c1-3-6-15-12-9-13(18-14(17-12)10-19-2)16-11-4-7-20-8-5-11/h9,11H,3-8,10H2,1-2H3,(H2,15,16,17,18). The number of thioether (sulfide) groups is 1. The van der Waals surface area contributed by atoms with Crippen molar-refractivity contribution in [2.45, 2.75) is 38.8 Å². The first-order valence-electron chi connectivity index (χ1n) is 7.27. The molecule has 0 spiro atoms. The number of rotatable bonds is 7. The Morgan fingerprint density at radius 2 is 2.05 bits per heavy atom. The minimum Gasteiger partial charge on any atom is -0.377 e. The molecule has 0 saturated carbocycles. The van der Waals surface area contributed by atoms with Crippen LogP contribution in [0.15, 0.2) is 6.07 Å². The van der Waals surface area contributed by atoms with Gasteiger partial charge in [0, 0.05) is 25.8 Å². The number of methoxy groups -OCH3 is 1. The Labute approximate surface area is 125 Å². The van der Waals surface area contributed by atoms with Gasteiger partial charge in [-0.25, -0.2) is 9.97 Å². The quantitative estimate of drug-likeness (QED) is 0.807. The summed E-state index contributed by atoms with van der Waals surface area (Å²) in [7, 11) is 1.67. The van der Waals surface area contributed by atoms with Crippen LogP contribution in [0.3, 0.4) is 0 Å². The van der Waals surface area contributed by atoms with Gasteiger partial charge in [-0.15, -0.1) is 0 Å². The highest BCUT2D eigenvalue weighted by Crippen LogP contribution is 2.21. The lowest BCUT2D eigenvalue weighted by Crippen LogP contribution is -2.25. The van der Waals surface area contributed by atoms with Gasteiger partial charge in [-0.3, -0.25) is 0 Å². The molecule has 0 unspecified atom stereocenters. The highest BCUT2D eigenvalue weighted by Gasteiger charge is 2.14. The molecule has 0 atom stereocenters. The van der Waals surface area contributed by atoms with Gasteiger partial charge in [0.25, 0.3) is 0 Å². The lowest BCUT2D eigenvalue weighted by Gasteiger charge is -2.23. The van der Waals surface area contributed by atoms with Gasteiger partial charge in [-0.2, -0.15) is 11.8 Å². The maximum absolute atomic E-state index is 5.15. The number of ether oxygens (including phenoxy) is 1. The van der Waals surface area contributed by atoms with Gasteiger partial charge in [0.1, 0.15) is 18.2 Å². The summed E-state index contributed by atoms with van der Waals surface area (Å²) in [6.45, 7) is 3.50. The van der Waals surface area contributed by atoms with E-state index in [0.717, 1.165) is 30.4 Å². The van der Waals surface area contributed by atoms with Gasteiger partial charge in [0.15, 0.2) is 5.82 Å². The van der Waals surface area contributed by atoms with Crippen molar-refractivity contribution in [3.8, 4) is 0 Å². The maximum Gasteiger partial charge on any atom is 0.158 e. The van der Waals surface area contributed by atoms with E-state index in [0.29, 0.717) is 12.6 Å². The minimum absolute atomic E-state index is 0.441. The fourth-order valence-electron chi connectivity index (χ4n) is 2.16. The van der Waals surface area contributed by atoms with Crippen molar-refractivity contribution in [2.75, 3.05) is 35.8 Å². The molecule has 2 heterocycles. The van der Waals surface area contributed by atoms with Crippen LogP contribution in [0, 0.1) is 0 Å². The highest BCUT2D eigenvalue weighted by molar-refractivity contribution is 7.99. The first kappa shape index (κ1) is 15.4. The van der Waals surface area contributed by atoms with Crippen LogP contribution in [0.4, 0.5) is 11.6 Å². The molecule has 1 aliphatic heterocycles. The van der Waals surface area contributed by atoms with Crippen LogP contribution in [0.5, 0.6) is 0 Å². The van der Waals surface area contributed by atoms with E-state index in [-0.39, 0.29) is 0 Å². The number of hydrogen-bond donors (Lipinski definition) is 2. The normalized spacial score (nSPS) is 16.1. The molecular formula is C14H24N4OS. The molecule has 5 nitrogen and oxygen atoms in total. The number of hydrogen-bond acceptors (Lipinski definition) is 6. The largest absolute Gasteiger partial charge is 0.377 e. The number of anilines is 2. The zero-order valence-electron chi connectivity index (χ0n) is 12.3. The Morgan fingerprint density at radius 3 is 2.75 bits per heavy atom. The summed E-state index contributed by atoms with van der Waals surface area (Å²) >= 11 is 2.03. The first-order valence-corrected chi connectivity index (χ1v) is 8.42. The van der Waals surface area contributed by atoms with E-state index in [4.69, 9.17) is 4.74 Å². The van der Waals surface area contributed by atoms with Gasteiger partial charge < -0.3 is 15.4 Å². The van der Waals surface area contributed by atoms with Crippen molar-refractivity contribution < 1.29 is 4.74 Å². The molecule has 2 N–H and O–H groups in total. The van der Waals surface area contributed by atoms with Gasteiger partial charge in [0.05, 0.1) is 0 Å². The zero-order valence-corrected chi connectivity index (χ0v) is 13.1. The SMILES string of the molecule is CCCNc1cc(NC2CCSCC2)nc(COC)n1. The molecule has 6 heteroatoms. The molecule has 0 amide bonds. The lowest BCUT2D eigenvalue weighted by molar-refractivity contribution is 0.178. The second kappa shape index (κ2) is 8.32. The van der Waals surface area contributed by atoms with Gasteiger partial charge in [0.2, 0.25) is 0 Å². The molecule has 1 aromatic rings. The summed E-state index contributed by atoms with van der Waals surface area (Å²) in [5.74, 6) is 4.97. The minimum atomic E-state index is 0.441. The zero-order chi connectivity index (χ0) is 14.2. The Hall–Kier alpha value is -1.01. The second-order valence-electron chi connectivity index (χ2n) is 4.95. The molecule has 0 aromatic carbocycles. The lowest BCUT2D eigenvalue weighted by atomic mass is 10.1. The van der Waals surface area contributed by atoms with Gasteiger partial charge in [-0.1, -0.05) is 6.92 Å². The third-order valence-corrected chi connectivity index (χ3v) is 4.22. The fourth-order valence-corrected chi connectivity index (χ4v) is 3.27. The fraction of sp³-hybridized carbons (Fsp3) is 0.714. The molecular weight excluding hydrogens is 272 g/mol. The molecule has 1 saturated heterocycles. The Balaban J connectivity index is 2.06. The Morgan fingerprint density at radius 1 is 1.30 bits per heavy atom. The van der Waals surface area contributed by atoms with E-state index in [1.165, 1.54) is 24.3 Å². The number of aromatic nitrogens is 2. The molecule has 1 aromatic heterocycles. The highest BCUT2D eigenvalue weighted by atomic mass is 32.2. The van der Waals surface area contributed by atoms with Gasteiger partial charge >= 0.3 is 0 Å². The molecule has 1 fully saturated rings. The Bertz CT molecular complexity index is 410. The topological polar surface area (TPSA) is 59.1 Å². The number of nitrogens with one attached hydrogen (secondary N) is 2. The van der Waals surface area contributed by atoms with Crippen LogP contribution >= 0.6 is 11.8 Å². The summed E-state index contributed by atoms with van der Waals surface area (Å²) in [6, 6.07) is 2.52. The van der Waals surface area contributed by atoms with E-state index in [1.54, 1.807) is 7.11 Å². The van der Waals surface area contributed by atoms with E-state index in [2.05, 4.69) is 27.5 Å². The monoisotopic (exact) mass is 296 g/mol. The van der Waals surface area contributed by atoms with Crippen molar-refractivity contribution in [3.05, 3.63) is 11.9 Å². The summed E-state index contributed by atoms with van der Waals surface area (Å²) in [5.41, 5.74) is 0. The summed E-state index contributed by atoms with van der Waals surface area (Å²) < 4.78 is 5.15. The number of nitrogens with zero attached hydrogens (tertiary/aromatic N) is 2. The first-order chi connectivity index (χ1) is 9.81. The molecule has 0 bridgehead atoms. The van der Waals surface area contributed by atoms with Crippen LogP contribution in [-0.4, -0.2) is 41.2 Å². The van der Waals surface area contributed by atoms with Crippen LogP contribution in [0.2, 0.25) is 0 Å². The van der Waals surface area contributed by atoms with Crippen molar-refractivity contribution >= 4 is 23.4 Å². The van der Waals surface area contributed by atoms with Crippen molar-refractivity contribution in [1.82, 2.24) is 9.97 Å². The molecule has 20 heavy (non-hydrogen) atoms. The van der Waals surface area contributed by atoms with Crippen LogP contribution < -0.4 is 10.6 Å². The predicted molar refractivity (Wildman–Crippen MR) is 85.5 cm³/mol. The second-order valence-corrected chi connectivity index (χ2v) is 6.17. The van der Waals surface area contributed by atoms with E-state index in [1.807, 2.05) is 17.8 Å². The summed E-state index contributed by atoms with van der Waals surface area (Å²) in [4.78, 5) is 8.99. The van der Waals surface area contributed by atoms with E-state index in [9.17, 15) is 0 Å².